The molecule has 0 heterocycles. The molecule has 0 aliphatic heterocycles. The molecule has 4 nitrogen and oxygen atoms in total. The number of aliphatic hydroxyl groups is 2. The smallest absolute Gasteiger partial charge is 0.169 e. The zero-order chi connectivity index (χ0) is 16.5. The molecule has 3 atom stereocenters. The summed E-state index contributed by atoms with van der Waals surface area (Å²) >= 11 is 0. The van der Waals surface area contributed by atoms with Crippen LogP contribution >= 0.6 is 0 Å². The number of aliphatic hydroxyl groups excluding tert-OH is 2. The first kappa shape index (κ1) is 20.8. The standard InChI is InChI=1S/C17H37NO3/c1-7-16(4,5)12-17(6,8-2)13-21-15(20)14(3)18-10-9-11-19/h14-15,18-20H,7-13H2,1-6H3. The van der Waals surface area contributed by atoms with Gasteiger partial charge in [-0.05, 0) is 43.6 Å². The van der Waals surface area contributed by atoms with Gasteiger partial charge in [0.25, 0.3) is 0 Å². The quantitative estimate of drug-likeness (QED) is 0.383. The molecule has 0 amide bonds. The van der Waals surface area contributed by atoms with Crippen molar-refractivity contribution in [2.24, 2.45) is 10.8 Å². The van der Waals surface area contributed by atoms with Gasteiger partial charge in [0.15, 0.2) is 6.29 Å². The molecule has 3 unspecified atom stereocenters. The minimum Gasteiger partial charge on any atom is -0.396 e. The van der Waals surface area contributed by atoms with Crippen LogP contribution in [0.3, 0.4) is 0 Å². The molecule has 0 saturated heterocycles. The Bertz CT molecular complexity index is 271. The van der Waals surface area contributed by atoms with Crippen LogP contribution in [0.4, 0.5) is 0 Å². The van der Waals surface area contributed by atoms with Crippen molar-refractivity contribution in [3.8, 4) is 0 Å². The minimum absolute atomic E-state index is 0.0886. The van der Waals surface area contributed by atoms with E-state index in [2.05, 4.69) is 39.9 Å². The van der Waals surface area contributed by atoms with E-state index >= 15 is 0 Å². The molecule has 21 heavy (non-hydrogen) atoms. The van der Waals surface area contributed by atoms with Crippen LogP contribution in [0.5, 0.6) is 0 Å². The van der Waals surface area contributed by atoms with Gasteiger partial charge >= 0.3 is 0 Å². The molecule has 0 rings (SSSR count). The predicted octanol–water partition coefficient (Wildman–Crippen LogP) is 2.92. The molecule has 4 heteroatoms. The molecule has 0 aromatic rings. The molecule has 0 aromatic heterocycles. The second kappa shape index (κ2) is 9.78. The van der Waals surface area contributed by atoms with Gasteiger partial charge in [-0.15, -0.1) is 0 Å². The summed E-state index contributed by atoms with van der Waals surface area (Å²) < 4.78 is 5.71. The third kappa shape index (κ3) is 8.77. The maximum Gasteiger partial charge on any atom is 0.169 e. The van der Waals surface area contributed by atoms with E-state index in [0.29, 0.717) is 25.0 Å². The lowest BCUT2D eigenvalue weighted by molar-refractivity contribution is -0.143. The summed E-state index contributed by atoms with van der Waals surface area (Å²) in [6.45, 7) is 14.5. The van der Waals surface area contributed by atoms with Gasteiger partial charge in [-0.25, -0.2) is 0 Å². The average molecular weight is 303 g/mol. The highest BCUT2D eigenvalue weighted by Gasteiger charge is 2.31. The number of nitrogens with one attached hydrogen (secondary N) is 1. The summed E-state index contributed by atoms with van der Waals surface area (Å²) in [5.74, 6) is 0. The molecule has 128 valence electrons. The fourth-order valence-electron chi connectivity index (χ4n) is 2.50. The Morgan fingerprint density at radius 2 is 1.76 bits per heavy atom. The van der Waals surface area contributed by atoms with Crippen LogP contribution in [0.2, 0.25) is 0 Å². The van der Waals surface area contributed by atoms with Crippen molar-refractivity contribution in [3.05, 3.63) is 0 Å². The van der Waals surface area contributed by atoms with Gasteiger partial charge in [0, 0.05) is 6.61 Å². The Balaban J connectivity index is 4.30. The second-order valence-electron chi connectivity index (χ2n) is 7.38. The molecule has 0 saturated carbocycles. The van der Waals surface area contributed by atoms with E-state index in [1.54, 1.807) is 0 Å². The van der Waals surface area contributed by atoms with Crippen LogP contribution in [-0.4, -0.2) is 42.3 Å². The Hall–Kier alpha value is -0.160. The van der Waals surface area contributed by atoms with Crippen LogP contribution in [0.15, 0.2) is 0 Å². The molecule has 0 fully saturated rings. The first-order chi connectivity index (χ1) is 9.69. The molecular weight excluding hydrogens is 266 g/mol. The monoisotopic (exact) mass is 303 g/mol. The van der Waals surface area contributed by atoms with Gasteiger partial charge < -0.3 is 20.3 Å². The summed E-state index contributed by atoms with van der Waals surface area (Å²) in [5, 5.41) is 22.0. The zero-order valence-corrected chi connectivity index (χ0v) is 14.9. The van der Waals surface area contributed by atoms with Crippen molar-refractivity contribution >= 4 is 0 Å². The molecule has 0 aromatic carbocycles. The lowest BCUT2D eigenvalue weighted by Gasteiger charge is -2.37. The molecular formula is C17H37NO3. The van der Waals surface area contributed by atoms with Crippen molar-refractivity contribution in [1.29, 1.82) is 0 Å². The zero-order valence-electron chi connectivity index (χ0n) is 14.9. The highest BCUT2D eigenvalue weighted by atomic mass is 16.6. The van der Waals surface area contributed by atoms with Crippen molar-refractivity contribution < 1.29 is 14.9 Å². The summed E-state index contributed by atoms with van der Waals surface area (Å²) in [7, 11) is 0. The number of hydrogen-bond acceptors (Lipinski definition) is 4. The van der Waals surface area contributed by atoms with Crippen LogP contribution in [0.1, 0.15) is 67.2 Å². The van der Waals surface area contributed by atoms with E-state index < -0.39 is 6.29 Å². The first-order valence-corrected chi connectivity index (χ1v) is 8.33. The third-order valence-corrected chi connectivity index (χ3v) is 4.55. The van der Waals surface area contributed by atoms with E-state index in [9.17, 15) is 5.11 Å². The molecule has 0 bridgehead atoms. The van der Waals surface area contributed by atoms with Crippen LogP contribution in [0, 0.1) is 10.8 Å². The lowest BCUT2D eigenvalue weighted by Crippen LogP contribution is -2.41. The van der Waals surface area contributed by atoms with Gasteiger partial charge in [-0.1, -0.05) is 41.0 Å². The molecule has 3 N–H and O–H groups in total. The third-order valence-electron chi connectivity index (χ3n) is 4.55. The van der Waals surface area contributed by atoms with Gasteiger partial charge in [0.2, 0.25) is 0 Å². The lowest BCUT2D eigenvalue weighted by atomic mass is 9.72. The van der Waals surface area contributed by atoms with E-state index in [0.717, 1.165) is 19.3 Å². The molecule has 0 aliphatic carbocycles. The molecule has 0 spiro atoms. The Morgan fingerprint density at radius 1 is 1.14 bits per heavy atom. The van der Waals surface area contributed by atoms with Crippen molar-refractivity contribution in [1.82, 2.24) is 5.32 Å². The Morgan fingerprint density at radius 3 is 2.24 bits per heavy atom. The average Bonchev–Trinajstić information content (AvgIpc) is 2.44. The van der Waals surface area contributed by atoms with Gasteiger partial charge in [-0.2, -0.15) is 0 Å². The second-order valence-corrected chi connectivity index (χ2v) is 7.38. The number of rotatable bonds is 12. The van der Waals surface area contributed by atoms with Crippen LogP contribution in [0.25, 0.3) is 0 Å². The summed E-state index contributed by atoms with van der Waals surface area (Å²) in [6.07, 6.45) is 3.15. The molecule has 0 radical (unpaired) electrons. The minimum atomic E-state index is -0.806. The summed E-state index contributed by atoms with van der Waals surface area (Å²) in [5.41, 5.74) is 0.384. The maximum absolute atomic E-state index is 10.1. The first-order valence-electron chi connectivity index (χ1n) is 8.33. The Kier molecular flexibility index (Phi) is 9.70. The van der Waals surface area contributed by atoms with E-state index in [1.807, 2.05) is 6.92 Å². The van der Waals surface area contributed by atoms with Crippen LogP contribution < -0.4 is 5.32 Å². The highest BCUT2D eigenvalue weighted by molar-refractivity contribution is 4.81. The van der Waals surface area contributed by atoms with E-state index in [1.165, 1.54) is 0 Å². The number of hydrogen-bond donors (Lipinski definition) is 3. The largest absolute Gasteiger partial charge is 0.396 e. The van der Waals surface area contributed by atoms with Crippen molar-refractivity contribution in [3.63, 3.8) is 0 Å². The number of ether oxygens (including phenoxy) is 1. The Labute approximate surface area is 131 Å². The summed E-state index contributed by atoms with van der Waals surface area (Å²) in [4.78, 5) is 0. The molecule has 0 aliphatic rings. The fourth-order valence-corrected chi connectivity index (χ4v) is 2.50. The van der Waals surface area contributed by atoms with Gasteiger partial charge in [-0.3, -0.25) is 0 Å². The highest BCUT2D eigenvalue weighted by Crippen LogP contribution is 2.38. The van der Waals surface area contributed by atoms with Crippen LogP contribution in [-0.2, 0) is 4.74 Å². The van der Waals surface area contributed by atoms with Crippen molar-refractivity contribution in [2.45, 2.75) is 79.6 Å². The topological polar surface area (TPSA) is 61.7 Å². The predicted molar refractivity (Wildman–Crippen MR) is 88.2 cm³/mol. The van der Waals surface area contributed by atoms with Gasteiger partial charge in [0.1, 0.15) is 0 Å². The normalized spacial score (nSPS) is 18.3. The van der Waals surface area contributed by atoms with E-state index in [-0.39, 0.29) is 18.1 Å². The summed E-state index contributed by atoms with van der Waals surface area (Å²) in [6, 6.07) is -0.128. The maximum atomic E-state index is 10.1. The fraction of sp³-hybridized carbons (Fsp3) is 1.00. The van der Waals surface area contributed by atoms with Crippen molar-refractivity contribution in [2.75, 3.05) is 19.8 Å². The van der Waals surface area contributed by atoms with E-state index in [4.69, 9.17) is 9.84 Å². The SMILES string of the molecule is CCC(C)(C)CC(C)(CC)COC(O)C(C)NCCCO. The van der Waals surface area contributed by atoms with Gasteiger partial charge in [0.05, 0.1) is 12.6 Å².